The minimum absolute atomic E-state index is 0.0236. The molecule has 3 atom stereocenters. The Bertz CT molecular complexity index is 270. The zero-order chi connectivity index (χ0) is 12.3. The number of likely N-dealkylation sites (tertiary alicyclic amines) is 1. The molecule has 2 heterocycles. The van der Waals surface area contributed by atoms with Crippen molar-refractivity contribution in [2.24, 2.45) is 5.92 Å². The van der Waals surface area contributed by atoms with Gasteiger partial charge in [0, 0.05) is 18.6 Å². The van der Waals surface area contributed by atoms with Gasteiger partial charge >= 0.3 is 0 Å². The van der Waals surface area contributed by atoms with E-state index in [4.69, 9.17) is 4.74 Å². The maximum Gasteiger partial charge on any atom is 0.229 e. The third kappa shape index (κ3) is 2.80. The van der Waals surface area contributed by atoms with Gasteiger partial charge in [0.2, 0.25) is 5.91 Å². The molecule has 2 saturated heterocycles. The molecule has 0 saturated carbocycles. The van der Waals surface area contributed by atoms with Crippen LogP contribution in [0.15, 0.2) is 0 Å². The van der Waals surface area contributed by atoms with Gasteiger partial charge in [-0.05, 0) is 32.7 Å². The fraction of sp³-hybridized carbons (Fsp3) is 0.923. The molecule has 4 nitrogen and oxygen atoms in total. The summed E-state index contributed by atoms with van der Waals surface area (Å²) in [5.41, 5.74) is 0. The number of likely N-dealkylation sites (N-methyl/N-ethyl adjacent to an activating group) is 1. The molecule has 1 amide bonds. The number of piperidine rings is 1. The van der Waals surface area contributed by atoms with Gasteiger partial charge in [0.15, 0.2) is 0 Å². The Hall–Kier alpha value is -0.610. The summed E-state index contributed by atoms with van der Waals surface area (Å²) in [6, 6.07) is 0.612. The molecule has 17 heavy (non-hydrogen) atoms. The Morgan fingerprint density at radius 2 is 2.24 bits per heavy atom. The highest BCUT2D eigenvalue weighted by Gasteiger charge is 2.37. The number of hydrogen-bond acceptors (Lipinski definition) is 3. The summed E-state index contributed by atoms with van der Waals surface area (Å²) in [6.07, 6.45) is 3.55. The van der Waals surface area contributed by atoms with Crippen LogP contribution >= 0.6 is 0 Å². The van der Waals surface area contributed by atoms with Crippen LogP contribution in [-0.2, 0) is 9.53 Å². The number of hydrogen-bond donors (Lipinski definition) is 1. The number of nitrogens with one attached hydrogen (secondary N) is 1. The lowest BCUT2D eigenvalue weighted by molar-refractivity contribution is -0.139. The van der Waals surface area contributed by atoms with Crippen molar-refractivity contribution < 1.29 is 9.53 Å². The van der Waals surface area contributed by atoms with E-state index in [0.717, 1.165) is 25.9 Å². The molecule has 3 unspecified atom stereocenters. The van der Waals surface area contributed by atoms with Crippen LogP contribution in [0, 0.1) is 5.92 Å². The smallest absolute Gasteiger partial charge is 0.229 e. The summed E-state index contributed by atoms with van der Waals surface area (Å²) in [7, 11) is 0. The minimum atomic E-state index is 0.0236. The topological polar surface area (TPSA) is 41.6 Å². The lowest BCUT2D eigenvalue weighted by atomic mass is 9.97. The number of carbonyl (C=O) groups excluding carboxylic acids is 1. The second-order valence-electron chi connectivity index (χ2n) is 5.18. The van der Waals surface area contributed by atoms with E-state index in [-0.39, 0.29) is 12.0 Å². The van der Waals surface area contributed by atoms with Crippen LogP contribution in [0.5, 0.6) is 0 Å². The molecule has 2 aliphatic rings. The molecule has 2 fully saturated rings. The van der Waals surface area contributed by atoms with Crippen molar-refractivity contribution in [1.82, 2.24) is 10.2 Å². The third-order valence-corrected chi connectivity index (χ3v) is 3.95. The van der Waals surface area contributed by atoms with Crippen LogP contribution < -0.4 is 5.32 Å². The average molecular weight is 240 g/mol. The monoisotopic (exact) mass is 240 g/mol. The highest BCUT2D eigenvalue weighted by molar-refractivity contribution is 5.80. The van der Waals surface area contributed by atoms with Crippen LogP contribution in [0.25, 0.3) is 0 Å². The van der Waals surface area contributed by atoms with Crippen molar-refractivity contribution in [3.05, 3.63) is 0 Å². The first-order chi connectivity index (χ1) is 8.24. The first-order valence-electron chi connectivity index (χ1n) is 6.85. The largest absolute Gasteiger partial charge is 0.379 e. The summed E-state index contributed by atoms with van der Waals surface area (Å²) in [6.45, 7) is 7.31. The van der Waals surface area contributed by atoms with E-state index < -0.39 is 0 Å². The lowest BCUT2D eigenvalue weighted by Crippen LogP contribution is -2.50. The molecule has 0 aromatic carbocycles. The molecule has 1 N–H and O–H groups in total. The van der Waals surface area contributed by atoms with Crippen LogP contribution in [0.4, 0.5) is 0 Å². The van der Waals surface area contributed by atoms with Crippen molar-refractivity contribution in [1.29, 1.82) is 0 Å². The van der Waals surface area contributed by atoms with Crippen molar-refractivity contribution in [3.63, 3.8) is 0 Å². The summed E-state index contributed by atoms with van der Waals surface area (Å²) in [5.74, 6) is 0.316. The molecular weight excluding hydrogens is 216 g/mol. The first-order valence-corrected chi connectivity index (χ1v) is 6.85. The normalized spacial score (nSPS) is 34.0. The van der Waals surface area contributed by atoms with Gasteiger partial charge in [-0.2, -0.15) is 0 Å². The number of carbonyl (C=O) groups is 1. The van der Waals surface area contributed by atoms with Gasteiger partial charge in [-0.15, -0.1) is 0 Å². The zero-order valence-corrected chi connectivity index (χ0v) is 10.9. The Balaban J connectivity index is 1.97. The predicted molar refractivity (Wildman–Crippen MR) is 66.8 cm³/mol. The quantitative estimate of drug-likeness (QED) is 0.800. The second kappa shape index (κ2) is 5.83. The molecule has 0 aromatic rings. The SMILES string of the molecule is CCNC1COCC1C(=O)N1CCCCC1C. The van der Waals surface area contributed by atoms with E-state index in [2.05, 4.69) is 24.1 Å². The molecule has 2 aliphatic heterocycles. The van der Waals surface area contributed by atoms with Gasteiger partial charge in [-0.25, -0.2) is 0 Å². The van der Waals surface area contributed by atoms with Crippen LogP contribution in [0.2, 0.25) is 0 Å². The van der Waals surface area contributed by atoms with E-state index in [1.807, 2.05) is 0 Å². The van der Waals surface area contributed by atoms with Gasteiger partial charge in [0.1, 0.15) is 0 Å². The molecule has 98 valence electrons. The Kier molecular flexibility index (Phi) is 4.40. The van der Waals surface area contributed by atoms with Crippen molar-refractivity contribution in [2.75, 3.05) is 26.3 Å². The van der Waals surface area contributed by atoms with Gasteiger partial charge in [-0.1, -0.05) is 6.92 Å². The summed E-state index contributed by atoms with van der Waals surface area (Å²) in [5, 5.41) is 3.36. The van der Waals surface area contributed by atoms with E-state index in [0.29, 0.717) is 25.2 Å². The number of rotatable bonds is 3. The molecule has 0 aliphatic carbocycles. The molecule has 0 aromatic heterocycles. The maximum absolute atomic E-state index is 12.5. The number of ether oxygens (including phenoxy) is 1. The molecule has 4 heteroatoms. The average Bonchev–Trinajstić information content (AvgIpc) is 2.78. The fourth-order valence-electron chi connectivity index (χ4n) is 2.90. The standard InChI is InChI=1S/C13H24N2O2/c1-3-14-12-9-17-8-11(12)13(16)15-7-5-4-6-10(15)2/h10-12,14H,3-9H2,1-2H3. The zero-order valence-electron chi connectivity index (χ0n) is 10.9. The van der Waals surface area contributed by atoms with E-state index >= 15 is 0 Å². The highest BCUT2D eigenvalue weighted by Crippen LogP contribution is 2.23. The van der Waals surface area contributed by atoms with Gasteiger partial charge in [0.05, 0.1) is 19.1 Å². The Morgan fingerprint density at radius 3 is 2.94 bits per heavy atom. The van der Waals surface area contributed by atoms with Crippen LogP contribution in [0.1, 0.15) is 33.1 Å². The molecule has 0 radical (unpaired) electrons. The van der Waals surface area contributed by atoms with Crippen molar-refractivity contribution in [3.8, 4) is 0 Å². The Morgan fingerprint density at radius 1 is 1.41 bits per heavy atom. The second-order valence-corrected chi connectivity index (χ2v) is 5.18. The minimum Gasteiger partial charge on any atom is -0.379 e. The Labute approximate surface area is 104 Å². The summed E-state index contributed by atoms with van der Waals surface area (Å²) >= 11 is 0. The molecule has 2 rings (SSSR count). The predicted octanol–water partition coefficient (Wildman–Crippen LogP) is 1.01. The van der Waals surface area contributed by atoms with E-state index in [1.165, 1.54) is 6.42 Å². The fourth-order valence-corrected chi connectivity index (χ4v) is 2.90. The highest BCUT2D eigenvalue weighted by atomic mass is 16.5. The third-order valence-electron chi connectivity index (χ3n) is 3.95. The van der Waals surface area contributed by atoms with Crippen LogP contribution in [-0.4, -0.2) is 49.2 Å². The lowest BCUT2D eigenvalue weighted by Gasteiger charge is -2.36. The summed E-state index contributed by atoms with van der Waals surface area (Å²) in [4.78, 5) is 14.6. The molecule has 0 bridgehead atoms. The van der Waals surface area contributed by atoms with E-state index in [1.54, 1.807) is 0 Å². The maximum atomic E-state index is 12.5. The first kappa shape index (κ1) is 12.8. The van der Waals surface area contributed by atoms with Crippen LogP contribution in [0.3, 0.4) is 0 Å². The summed E-state index contributed by atoms with van der Waals surface area (Å²) < 4.78 is 5.46. The van der Waals surface area contributed by atoms with Crippen molar-refractivity contribution >= 4 is 5.91 Å². The molecular formula is C13H24N2O2. The van der Waals surface area contributed by atoms with E-state index in [9.17, 15) is 4.79 Å². The van der Waals surface area contributed by atoms with Gasteiger partial charge in [-0.3, -0.25) is 4.79 Å². The molecule has 0 spiro atoms. The van der Waals surface area contributed by atoms with Gasteiger partial charge < -0.3 is 15.0 Å². The number of nitrogens with zero attached hydrogens (tertiary/aromatic N) is 1. The number of amides is 1. The van der Waals surface area contributed by atoms with Crippen molar-refractivity contribution in [2.45, 2.75) is 45.2 Å². The van der Waals surface area contributed by atoms with Gasteiger partial charge in [0.25, 0.3) is 0 Å².